The maximum absolute atomic E-state index is 6.00. The minimum Gasteiger partial charge on any atom is -0.454 e. The molecular formula is C11H5BrCl3NO. The highest BCUT2D eigenvalue weighted by atomic mass is 79.9. The predicted molar refractivity (Wildman–Crippen MR) is 73.5 cm³/mol. The number of halogens is 4. The van der Waals surface area contributed by atoms with Crippen LogP contribution in [0.3, 0.4) is 0 Å². The van der Waals surface area contributed by atoms with Crippen molar-refractivity contribution in [3.8, 4) is 11.5 Å². The van der Waals surface area contributed by atoms with Gasteiger partial charge in [-0.3, -0.25) is 4.98 Å². The molecule has 0 spiro atoms. The minimum absolute atomic E-state index is 0.385. The van der Waals surface area contributed by atoms with Gasteiger partial charge in [-0.15, -0.1) is 0 Å². The van der Waals surface area contributed by atoms with Crippen molar-refractivity contribution in [3.63, 3.8) is 0 Å². The Bertz CT molecular complexity index is 562. The zero-order chi connectivity index (χ0) is 12.4. The van der Waals surface area contributed by atoms with Crippen molar-refractivity contribution in [2.75, 3.05) is 0 Å². The third-order valence-corrected chi connectivity index (χ3v) is 3.54. The van der Waals surface area contributed by atoms with E-state index < -0.39 is 0 Å². The summed E-state index contributed by atoms with van der Waals surface area (Å²) in [6, 6.07) is 4.82. The van der Waals surface area contributed by atoms with Gasteiger partial charge in [0.05, 0.1) is 19.5 Å². The van der Waals surface area contributed by atoms with E-state index in [2.05, 4.69) is 20.9 Å². The number of aromatic nitrogens is 1. The van der Waals surface area contributed by atoms with E-state index in [1.807, 2.05) is 0 Å². The van der Waals surface area contributed by atoms with Gasteiger partial charge in [0.2, 0.25) is 0 Å². The standard InChI is InChI=1S/C11H5BrCl3NO/c12-6-5-16-2-1-10(6)17-11-4-8(14)7(13)3-9(11)15/h1-5H. The zero-order valence-electron chi connectivity index (χ0n) is 8.25. The summed E-state index contributed by atoms with van der Waals surface area (Å²) >= 11 is 21.1. The fraction of sp³-hybridized carbons (Fsp3) is 0. The van der Waals surface area contributed by atoms with Gasteiger partial charge in [0, 0.05) is 24.5 Å². The van der Waals surface area contributed by atoms with Crippen molar-refractivity contribution in [1.82, 2.24) is 4.98 Å². The third-order valence-electron chi connectivity index (χ3n) is 1.93. The molecule has 0 N–H and O–H groups in total. The Balaban J connectivity index is 2.37. The molecule has 0 bridgehead atoms. The van der Waals surface area contributed by atoms with Crippen molar-refractivity contribution >= 4 is 50.7 Å². The number of pyridine rings is 1. The molecule has 0 saturated carbocycles. The monoisotopic (exact) mass is 351 g/mol. The van der Waals surface area contributed by atoms with E-state index in [4.69, 9.17) is 39.5 Å². The highest BCUT2D eigenvalue weighted by Gasteiger charge is 2.09. The minimum atomic E-state index is 0.385. The molecule has 88 valence electrons. The average molecular weight is 353 g/mol. The molecular weight excluding hydrogens is 348 g/mol. The van der Waals surface area contributed by atoms with Gasteiger partial charge in [-0.05, 0) is 22.0 Å². The lowest BCUT2D eigenvalue weighted by atomic mass is 10.3. The molecule has 1 heterocycles. The van der Waals surface area contributed by atoms with E-state index in [1.165, 1.54) is 6.07 Å². The largest absolute Gasteiger partial charge is 0.454 e. The number of hydrogen-bond donors (Lipinski definition) is 0. The van der Waals surface area contributed by atoms with E-state index in [-0.39, 0.29) is 0 Å². The second-order valence-electron chi connectivity index (χ2n) is 3.10. The SMILES string of the molecule is Clc1cc(Cl)c(Oc2ccncc2Br)cc1Cl. The van der Waals surface area contributed by atoms with Gasteiger partial charge in [-0.1, -0.05) is 34.8 Å². The first-order valence-electron chi connectivity index (χ1n) is 4.50. The summed E-state index contributed by atoms with van der Waals surface area (Å²) < 4.78 is 6.34. The van der Waals surface area contributed by atoms with Crippen LogP contribution in [-0.2, 0) is 0 Å². The molecule has 0 fully saturated rings. The average Bonchev–Trinajstić information content (AvgIpc) is 2.29. The lowest BCUT2D eigenvalue weighted by molar-refractivity contribution is 0.479. The fourth-order valence-corrected chi connectivity index (χ4v) is 2.05. The van der Waals surface area contributed by atoms with Gasteiger partial charge >= 0.3 is 0 Å². The lowest BCUT2D eigenvalue weighted by Crippen LogP contribution is -1.87. The van der Waals surface area contributed by atoms with Gasteiger partial charge in [0.25, 0.3) is 0 Å². The molecule has 2 nitrogen and oxygen atoms in total. The number of rotatable bonds is 2. The van der Waals surface area contributed by atoms with Crippen LogP contribution in [0.15, 0.2) is 35.1 Å². The van der Waals surface area contributed by atoms with Crippen molar-refractivity contribution in [2.24, 2.45) is 0 Å². The topological polar surface area (TPSA) is 22.1 Å². The summed E-state index contributed by atoms with van der Waals surface area (Å²) in [6.07, 6.45) is 3.24. The third kappa shape index (κ3) is 3.05. The summed E-state index contributed by atoms with van der Waals surface area (Å²) in [5.74, 6) is 1.04. The first-order valence-corrected chi connectivity index (χ1v) is 6.42. The molecule has 0 radical (unpaired) electrons. The molecule has 0 amide bonds. The molecule has 2 rings (SSSR count). The van der Waals surface area contributed by atoms with E-state index in [0.29, 0.717) is 26.6 Å². The molecule has 1 aromatic carbocycles. The molecule has 0 aliphatic heterocycles. The van der Waals surface area contributed by atoms with E-state index in [1.54, 1.807) is 24.5 Å². The van der Waals surface area contributed by atoms with Crippen LogP contribution >= 0.6 is 50.7 Å². The number of benzene rings is 1. The quantitative estimate of drug-likeness (QED) is 0.656. The van der Waals surface area contributed by atoms with Crippen LogP contribution in [0.4, 0.5) is 0 Å². The highest BCUT2D eigenvalue weighted by molar-refractivity contribution is 9.10. The van der Waals surface area contributed by atoms with Gasteiger partial charge in [-0.25, -0.2) is 0 Å². The van der Waals surface area contributed by atoms with Crippen molar-refractivity contribution in [1.29, 1.82) is 0 Å². The van der Waals surface area contributed by atoms with Gasteiger partial charge < -0.3 is 4.74 Å². The first kappa shape index (κ1) is 13.0. The summed E-state index contributed by atoms with van der Waals surface area (Å²) in [4.78, 5) is 3.93. The van der Waals surface area contributed by atoms with Gasteiger partial charge in [-0.2, -0.15) is 0 Å². The number of nitrogens with zero attached hydrogens (tertiary/aromatic N) is 1. The van der Waals surface area contributed by atoms with Crippen LogP contribution in [-0.4, -0.2) is 4.98 Å². The molecule has 0 atom stereocenters. The maximum atomic E-state index is 6.00. The lowest BCUT2D eigenvalue weighted by Gasteiger charge is -2.09. The summed E-state index contributed by atoms with van der Waals surface area (Å²) in [5.41, 5.74) is 0. The molecule has 0 aliphatic carbocycles. The molecule has 17 heavy (non-hydrogen) atoms. The van der Waals surface area contributed by atoms with Gasteiger partial charge in [0.15, 0.2) is 0 Å². The van der Waals surface area contributed by atoms with Crippen LogP contribution in [0.1, 0.15) is 0 Å². The second kappa shape index (κ2) is 5.44. The predicted octanol–water partition coefficient (Wildman–Crippen LogP) is 5.60. The second-order valence-corrected chi connectivity index (χ2v) is 5.18. The molecule has 1 aromatic heterocycles. The zero-order valence-corrected chi connectivity index (χ0v) is 12.1. The van der Waals surface area contributed by atoms with Crippen molar-refractivity contribution < 1.29 is 4.74 Å². The van der Waals surface area contributed by atoms with Crippen molar-refractivity contribution in [3.05, 3.63) is 50.1 Å². The van der Waals surface area contributed by atoms with E-state index in [0.717, 1.165) is 4.47 Å². The van der Waals surface area contributed by atoms with Crippen molar-refractivity contribution in [2.45, 2.75) is 0 Å². The van der Waals surface area contributed by atoms with Crippen LogP contribution in [0.25, 0.3) is 0 Å². The van der Waals surface area contributed by atoms with E-state index >= 15 is 0 Å². The number of hydrogen-bond acceptors (Lipinski definition) is 2. The Labute approximate surface area is 122 Å². The maximum Gasteiger partial charge on any atom is 0.147 e. The summed E-state index contributed by atoms with van der Waals surface area (Å²) in [6.45, 7) is 0. The summed E-state index contributed by atoms with van der Waals surface area (Å²) in [5, 5.41) is 1.16. The Hall–Kier alpha value is -0.480. The molecule has 0 unspecified atom stereocenters. The Kier molecular flexibility index (Phi) is 4.15. The summed E-state index contributed by atoms with van der Waals surface area (Å²) in [7, 11) is 0. The first-order chi connectivity index (χ1) is 8.08. The number of ether oxygens (including phenoxy) is 1. The Morgan fingerprint density at radius 2 is 1.71 bits per heavy atom. The normalized spacial score (nSPS) is 10.4. The van der Waals surface area contributed by atoms with Crippen LogP contribution in [0.2, 0.25) is 15.1 Å². The molecule has 0 saturated heterocycles. The highest BCUT2D eigenvalue weighted by Crippen LogP contribution is 2.37. The van der Waals surface area contributed by atoms with Crippen LogP contribution in [0, 0.1) is 0 Å². The van der Waals surface area contributed by atoms with Crippen LogP contribution < -0.4 is 4.74 Å². The van der Waals surface area contributed by atoms with Gasteiger partial charge in [0.1, 0.15) is 11.5 Å². The van der Waals surface area contributed by atoms with Crippen LogP contribution in [0.5, 0.6) is 11.5 Å². The fourth-order valence-electron chi connectivity index (χ4n) is 1.15. The molecule has 2 aromatic rings. The Morgan fingerprint density at radius 3 is 2.41 bits per heavy atom. The Morgan fingerprint density at radius 1 is 1.00 bits per heavy atom. The molecule has 6 heteroatoms. The smallest absolute Gasteiger partial charge is 0.147 e. The van der Waals surface area contributed by atoms with E-state index in [9.17, 15) is 0 Å². The molecule has 0 aliphatic rings.